The lowest BCUT2D eigenvalue weighted by atomic mass is 10.3. The number of halogens is 1. The van der Waals surface area contributed by atoms with Gasteiger partial charge in [0, 0.05) is 24.4 Å². The van der Waals surface area contributed by atoms with Gasteiger partial charge in [-0.05, 0) is 35.1 Å². The van der Waals surface area contributed by atoms with E-state index < -0.39 is 0 Å². The number of hydrogen-bond acceptors (Lipinski definition) is 4. The van der Waals surface area contributed by atoms with Crippen LogP contribution in [0.5, 0.6) is 0 Å². The van der Waals surface area contributed by atoms with E-state index in [1.165, 1.54) is 4.88 Å². The molecule has 0 radical (unpaired) electrons. The highest BCUT2D eigenvalue weighted by Gasteiger charge is 2.03. The average Bonchev–Trinajstić information content (AvgIpc) is 2.60. The average molecular weight is 292 g/mol. The van der Waals surface area contributed by atoms with Crippen molar-refractivity contribution in [3.05, 3.63) is 20.8 Å². The van der Waals surface area contributed by atoms with Gasteiger partial charge >= 0.3 is 0 Å². The van der Waals surface area contributed by atoms with Gasteiger partial charge in [0.2, 0.25) is 0 Å². The second kappa shape index (κ2) is 6.09. The van der Waals surface area contributed by atoms with E-state index in [0.717, 1.165) is 16.9 Å². The van der Waals surface area contributed by atoms with Gasteiger partial charge in [0.25, 0.3) is 0 Å². The van der Waals surface area contributed by atoms with Crippen molar-refractivity contribution >= 4 is 33.1 Å². The Labute approximate surface area is 102 Å². The standard InChI is InChI=1S/C9H14BrN3OS/c1-13(5-4-9(11)12-14)6-7-2-3-8(10)15-7/h2-3,14H,4-6H2,1H3,(H2,11,12). The first-order valence-electron chi connectivity index (χ1n) is 4.51. The highest BCUT2D eigenvalue weighted by molar-refractivity contribution is 9.11. The van der Waals surface area contributed by atoms with Crippen molar-refractivity contribution in [1.29, 1.82) is 0 Å². The van der Waals surface area contributed by atoms with Crippen LogP contribution < -0.4 is 5.73 Å². The molecule has 0 spiro atoms. The Morgan fingerprint density at radius 2 is 2.40 bits per heavy atom. The first-order valence-corrected chi connectivity index (χ1v) is 6.12. The van der Waals surface area contributed by atoms with Gasteiger partial charge in [0.1, 0.15) is 5.84 Å². The summed E-state index contributed by atoms with van der Waals surface area (Å²) in [6, 6.07) is 4.13. The smallest absolute Gasteiger partial charge is 0.140 e. The minimum absolute atomic E-state index is 0.272. The van der Waals surface area contributed by atoms with Gasteiger partial charge in [-0.25, -0.2) is 0 Å². The van der Waals surface area contributed by atoms with E-state index in [4.69, 9.17) is 10.9 Å². The Hall–Kier alpha value is -0.590. The van der Waals surface area contributed by atoms with Gasteiger partial charge < -0.3 is 15.8 Å². The van der Waals surface area contributed by atoms with Gasteiger partial charge in [-0.3, -0.25) is 0 Å². The second-order valence-electron chi connectivity index (χ2n) is 3.28. The summed E-state index contributed by atoms with van der Waals surface area (Å²) in [5, 5.41) is 11.3. The van der Waals surface area contributed by atoms with E-state index in [2.05, 4.69) is 32.1 Å². The number of rotatable bonds is 5. The molecule has 0 aromatic carbocycles. The van der Waals surface area contributed by atoms with Crippen molar-refractivity contribution in [3.8, 4) is 0 Å². The minimum Gasteiger partial charge on any atom is -0.409 e. The molecule has 1 heterocycles. The molecule has 0 saturated carbocycles. The molecular weight excluding hydrogens is 278 g/mol. The third kappa shape index (κ3) is 4.63. The molecule has 0 fully saturated rings. The fourth-order valence-corrected chi connectivity index (χ4v) is 2.70. The lowest BCUT2D eigenvalue weighted by Crippen LogP contribution is -2.24. The molecule has 1 rings (SSSR count). The number of nitrogens with two attached hydrogens (primary N) is 1. The number of thiophene rings is 1. The van der Waals surface area contributed by atoms with Crippen LogP contribution in [-0.2, 0) is 6.54 Å². The summed E-state index contributed by atoms with van der Waals surface area (Å²) < 4.78 is 1.14. The monoisotopic (exact) mass is 291 g/mol. The molecule has 0 bridgehead atoms. The first-order chi connectivity index (χ1) is 7.11. The Bertz CT molecular complexity index is 340. The lowest BCUT2D eigenvalue weighted by molar-refractivity contribution is 0.310. The number of oxime groups is 1. The fourth-order valence-electron chi connectivity index (χ4n) is 1.14. The quantitative estimate of drug-likeness (QED) is 0.378. The van der Waals surface area contributed by atoms with Crippen LogP contribution >= 0.6 is 27.3 Å². The van der Waals surface area contributed by atoms with Crippen molar-refractivity contribution in [2.75, 3.05) is 13.6 Å². The van der Waals surface area contributed by atoms with E-state index in [0.29, 0.717) is 6.42 Å². The molecule has 6 heteroatoms. The van der Waals surface area contributed by atoms with Crippen molar-refractivity contribution in [2.45, 2.75) is 13.0 Å². The van der Waals surface area contributed by atoms with Crippen LogP contribution in [0, 0.1) is 0 Å². The summed E-state index contributed by atoms with van der Waals surface area (Å²) >= 11 is 5.14. The van der Waals surface area contributed by atoms with E-state index in [9.17, 15) is 0 Å². The van der Waals surface area contributed by atoms with Crippen LogP contribution in [0.3, 0.4) is 0 Å². The van der Waals surface area contributed by atoms with Crippen LogP contribution in [0.25, 0.3) is 0 Å². The Morgan fingerprint density at radius 3 is 2.93 bits per heavy atom. The largest absolute Gasteiger partial charge is 0.409 e. The summed E-state index contributed by atoms with van der Waals surface area (Å²) in [5.41, 5.74) is 5.39. The van der Waals surface area contributed by atoms with Crippen LogP contribution in [0.1, 0.15) is 11.3 Å². The summed E-state index contributed by atoms with van der Waals surface area (Å²) in [7, 11) is 2.01. The molecule has 0 unspecified atom stereocenters. The molecule has 4 nitrogen and oxygen atoms in total. The Kier molecular flexibility index (Phi) is 5.07. The van der Waals surface area contributed by atoms with E-state index in [-0.39, 0.29) is 5.84 Å². The molecule has 84 valence electrons. The number of nitrogens with zero attached hydrogens (tertiary/aromatic N) is 2. The van der Waals surface area contributed by atoms with Crippen LogP contribution in [0.4, 0.5) is 0 Å². The molecule has 0 amide bonds. The topological polar surface area (TPSA) is 61.8 Å². The summed E-state index contributed by atoms with van der Waals surface area (Å²) in [4.78, 5) is 3.43. The van der Waals surface area contributed by atoms with Gasteiger partial charge in [-0.2, -0.15) is 0 Å². The maximum atomic E-state index is 8.38. The van der Waals surface area contributed by atoms with Crippen LogP contribution in [-0.4, -0.2) is 29.5 Å². The third-order valence-electron chi connectivity index (χ3n) is 1.93. The molecule has 0 atom stereocenters. The van der Waals surface area contributed by atoms with Crippen molar-refractivity contribution in [3.63, 3.8) is 0 Å². The van der Waals surface area contributed by atoms with Crippen LogP contribution in [0.2, 0.25) is 0 Å². The zero-order valence-corrected chi connectivity index (χ0v) is 10.9. The van der Waals surface area contributed by atoms with E-state index in [1.807, 2.05) is 13.1 Å². The first kappa shape index (κ1) is 12.5. The highest BCUT2D eigenvalue weighted by atomic mass is 79.9. The van der Waals surface area contributed by atoms with Gasteiger partial charge in [0.15, 0.2) is 0 Å². The summed E-state index contributed by atoms with van der Waals surface area (Å²) in [6.45, 7) is 1.67. The predicted molar refractivity (Wildman–Crippen MR) is 66.4 cm³/mol. The molecule has 1 aromatic rings. The van der Waals surface area contributed by atoms with Crippen molar-refractivity contribution in [2.24, 2.45) is 10.9 Å². The van der Waals surface area contributed by atoms with Gasteiger partial charge in [-0.15, -0.1) is 11.3 Å². The zero-order valence-electron chi connectivity index (χ0n) is 8.48. The normalized spacial score (nSPS) is 12.3. The highest BCUT2D eigenvalue weighted by Crippen LogP contribution is 2.22. The molecular formula is C9H14BrN3OS. The van der Waals surface area contributed by atoms with E-state index >= 15 is 0 Å². The Balaban J connectivity index is 2.33. The predicted octanol–water partition coefficient (Wildman–Crippen LogP) is 2.08. The Morgan fingerprint density at radius 1 is 1.67 bits per heavy atom. The molecule has 0 aliphatic rings. The maximum Gasteiger partial charge on any atom is 0.140 e. The summed E-state index contributed by atoms with van der Waals surface area (Å²) in [6.07, 6.45) is 0.583. The summed E-state index contributed by atoms with van der Waals surface area (Å²) in [5.74, 6) is 0.272. The maximum absolute atomic E-state index is 8.38. The van der Waals surface area contributed by atoms with Gasteiger partial charge in [0.05, 0.1) is 3.79 Å². The molecule has 15 heavy (non-hydrogen) atoms. The molecule has 3 N–H and O–H groups in total. The number of hydrogen-bond donors (Lipinski definition) is 2. The molecule has 0 aliphatic carbocycles. The second-order valence-corrected chi connectivity index (χ2v) is 5.83. The van der Waals surface area contributed by atoms with Crippen molar-refractivity contribution in [1.82, 2.24) is 4.90 Å². The van der Waals surface area contributed by atoms with Gasteiger partial charge in [-0.1, -0.05) is 5.16 Å². The molecule has 1 aromatic heterocycles. The molecule has 0 aliphatic heterocycles. The zero-order chi connectivity index (χ0) is 11.3. The third-order valence-corrected chi connectivity index (χ3v) is 3.54. The van der Waals surface area contributed by atoms with E-state index in [1.54, 1.807) is 11.3 Å². The van der Waals surface area contributed by atoms with Crippen LogP contribution in [0.15, 0.2) is 21.1 Å². The lowest BCUT2D eigenvalue weighted by Gasteiger charge is -2.14. The number of amidine groups is 1. The SMILES string of the molecule is CN(CC/C(N)=N/O)Cc1ccc(Br)s1. The minimum atomic E-state index is 0.272. The van der Waals surface area contributed by atoms with Crippen molar-refractivity contribution < 1.29 is 5.21 Å². The molecule has 0 saturated heterocycles. The fraction of sp³-hybridized carbons (Fsp3) is 0.444.